The molecule has 0 radical (unpaired) electrons. The molecule has 2 rings (SSSR count). The molecule has 0 bridgehead atoms. The Kier molecular flexibility index (Phi) is 8.68. The summed E-state index contributed by atoms with van der Waals surface area (Å²) in [5.74, 6) is -0.772. The fourth-order valence-corrected chi connectivity index (χ4v) is 2.81. The van der Waals surface area contributed by atoms with Crippen LogP contribution >= 0.6 is 35.3 Å². The van der Waals surface area contributed by atoms with Gasteiger partial charge in [-0.05, 0) is 13.8 Å². The molecule has 2 heterocycles. The number of fused-ring (bicyclic) bond motifs is 1. The molecule has 1 N–H and O–H groups in total. The summed E-state index contributed by atoms with van der Waals surface area (Å²) in [6.07, 6.45) is -2.99. The number of hydrogen-bond acceptors (Lipinski definition) is 8. The number of aliphatic hydroxyl groups excluding tert-OH is 1. The van der Waals surface area contributed by atoms with Gasteiger partial charge in [-0.1, -0.05) is 13.8 Å². The standard InChI is InChI=1S/C10H17IO7S.C2H6/c1-10(2)16-7-6(12)5(4-14-19-18-11)15-9(13-3)8(7)17-10;1-2/h5-9,12H,4H2,1-3H3;1-2H3/t5?,6-,7?,8?,9+;/m1./s1. The van der Waals surface area contributed by atoms with Crippen molar-refractivity contribution in [1.29, 1.82) is 0 Å². The normalized spacial score (nSPS) is 37.6. The monoisotopic (exact) mass is 438 g/mol. The fraction of sp³-hybridized carbons (Fsp3) is 1.00. The van der Waals surface area contributed by atoms with Gasteiger partial charge in [0, 0.05) is 7.11 Å². The Labute approximate surface area is 144 Å². The maximum Gasteiger partial charge on any atom is 0.186 e. The summed E-state index contributed by atoms with van der Waals surface area (Å²) in [6, 6.07) is 0. The highest BCUT2D eigenvalue weighted by Crippen LogP contribution is 2.37. The Morgan fingerprint density at radius 3 is 2.43 bits per heavy atom. The van der Waals surface area contributed by atoms with Crippen molar-refractivity contribution in [2.24, 2.45) is 0 Å². The summed E-state index contributed by atoms with van der Waals surface area (Å²) in [5.41, 5.74) is 0. The predicted octanol–water partition coefficient (Wildman–Crippen LogP) is 2.21. The van der Waals surface area contributed by atoms with Crippen LogP contribution in [-0.4, -0.2) is 55.3 Å². The van der Waals surface area contributed by atoms with E-state index in [1.54, 1.807) is 36.9 Å². The number of ether oxygens (including phenoxy) is 4. The zero-order valence-electron chi connectivity index (χ0n) is 12.8. The molecule has 2 saturated heterocycles. The lowest BCUT2D eigenvalue weighted by Gasteiger charge is -2.38. The summed E-state index contributed by atoms with van der Waals surface area (Å²) in [5, 5.41) is 10.3. The first kappa shape index (κ1) is 19.8. The van der Waals surface area contributed by atoms with Gasteiger partial charge in [0.05, 0.1) is 6.61 Å². The fourth-order valence-electron chi connectivity index (χ4n) is 2.27. The highest BCUT2D eigenvalue weighted by Gasteiger charge is 2.55. The first-order chi connectivity index (χ1) is 9.98. The lowest BCUT2D eigenvalue weighted by Crippen LogP contribution is -2.57. The first-order valence-corrected chi connectivity index (χ1v) is 8.32. The molecule has 0 amide bonds. The van der Waals surface area contributed by atoms with Crippen LogP contribution in [0.1, 0.15) is 27.7 Å². The van der Waals surface area contributed by atoms with E-state index in [9.17, 15) is 5.11 Å². The van der Waals surface area contributed by atoms with Gasteiger partial charge in [0.1, 0.15) is 47.4 Å². The van der Waals surface area contributed by atoms with Crippen LogP contribution in [0.15, 0.2) is 0 Å². The van der Waals surface area contributed by atoms with Crippen LogP contribution in [0.5, 0.6) is 0 Å². The first-order valence-electron chi connectivity index (χ1n) is 6.77. The van der Waals surface area contributed by atoms with E-state index in [1.807, 2.05) is 13.8 Å². The SMILES string of the molecule is CC.CO[C@H]1OC(COSOI)[C@@H](O)C2OC(C)(C)OC21. The summed E-state index contributed by atoms with van der Waals surface area (Å²) in [4.78, 5) is 0. The molecule has 7 nitrogen and oxygen atoms in total. The second-order valence-electron chi connectivity index (χ2n) is 4.75. The molecule has 0 aromatic rings. The van der Waals surface area contributed by atoms with Gasteiger partial charge in [-0.2, -0.15) is 0 Å². The number of aliphatic hydroxyl groups is 1. The molecule has 3 unspecified atom stereocenters. The minimum Gasteiger partial charge on any atom is -0.387 e. The molecular formula is C12H23IO7S. The molecule has 0 saturated carbocycles. The molecule has 2 aliphatic rings. The lowest BCUT2D eigenvalue weighted by atomic mass is 9.99. The van der Waals surface area contributed by atoms with Gasteiger partial charge in [-0.15, -0.1) is 0 Å². The van der Waals surface area contributed by atoms with Crippen LogP contribution < -0.4 is 0 Å². The lowest BCUT2D eigenvalue weighted by molar-refractivity contribution is -0.270. The van der Waals surface area contributed by atoms with Crippen LogP contribution in [0.2, 0.25) is 0 Å². The molecule has 2 aliphatic heterocycles. The van der Waals surface area contributed by atoms with Crippen molar-refractivity contribution in [3.63, 3.8) is 0 Å². The van der Waals surface area contributed by atoms with E-state index in [4.69, 9.17) is 23.1 Å². The van der Waals surface area contributed by atoms with E-state index in [1.165, 1.54) is 7.11 Å². The maximum absolute atomic E-state index is 10.3. The Morgan fingerprint density at radius 1 is 1.24 bits per heavy atom. The minimum atomic E-state index is -0.854. The zero-order valence-corrected chi connectivity index (χ0v) is 15.8. The van der Waals surface area contributed by atoms with Crippen molar-refractivity contribution in [1.82, 2.24) is 0 Å². The average Bonchev–Trinajstić information content (AvgIpc) is 2.80. The Balaban J connectivity index is 0.00000106. The van der Waals surface area contributed by atoms with Gasteiger partial charge in [0.15, 0.2) is 24.4 Å². The summed E-state index contributed by atoms with van der Waals surface area (Å²) >= 11 is 2.51. The molecule has 21 heavy (non-hydrogen) atoms. The van der Waals surface area contributed by atoms with E-state index in [2.05, 4.69) is 2.51 Å². The van der Waals surface area contributed by atoms with Gasteiger partial charge >= 0.3 is 0 Å². The van der Waals surface area contributed by atoms with E-state index in [0.29, 0.717) is 0 Å². The van der Waals surface area contributed by atoms with E-state index >= 15 is 0 Å². The Bertz CT molecular complexity index is 307. The largest absolute Gasteiger partial charge is 0.387 e. The van der Waals surface area contributed by atoms with Crippen molar-refractivity contribution in [3.05, 3.63) is 0 Å². The highest BCUT2D eigenvalue weighted by atomic mass is 127. The smallest absolute Gasteiger partial charge is 0.186 e. The minimum absolute atomic E-state index is 0.154. The number of rotatable bonds is 5. The zero-order chi connectivity index (χ0) is 16.0. The van der Waals surface area contributed by atoms with Crippen LogP contribution in [0.25, 0.3) is 0 Å². The third-order valence-corrected chi connectivity index (χ3v) is 3.72. The van der Waals surface area contributed by atoms with Crippen molar-refractivity contribution < 1.29 is 30.7 Å². The molecule has 0 aromatic carbocycles. The van der Waals surface area contributed by atoms with Gasteiger partial charge in [-0.25, -0.2) is 2.51 Å². The van der Waals surface area contributed by atoms with Gasteiger partial charge in [-0.3, -0.25) is 4.18 Å². The van der Waals surface area contributed by atoms with Crippen LogP contribution in [0.3, 0.4) is 0 Å². The van der Waals surface area contributed by atoms with Gasteiger partial charge in [0.25, 0.3) is 0 Å². The third kappa shape index (κ3) is 5.15. The average molecular weight is 438 g/mol. The molecule has 2 fully saturated rings. The summed E-state index contributed by atoms with van der Waals surface area (Å²) in [7, 11) is 1.52. The molecule has 9 heteroatoms. The van der Waals surface area contributed by atoms with Crippen LogP contribution in [0.4, 0.5) is 0 Å². The number of halogens is 1. The summed E-state index contributed by atoms with van der Waals surface area (Å²) in [6.45, 7) is 7.73. The van der Waals surface area contributed by atoms with E-state index < -0.39 is 36.5 Å². The van der Waals surface area contributed by atoms with Crippen LogP contribution in [-0.2, 0) is 25.6 Å². The van der Waals surface area contributed by atoms with Gasteiger partial charge < -0.3 is 24.1 Å². The van der Waals surface area contributed by atoms with Crippen molar-refractivity contribution in [2.45, 2.75) is 64.2 Å². The van der Waals surface area contributed by atoms with Crippen LogP contribution in [0, 0.1) is 0 Å². The Morgan fingerprint density at radius 2 is 1.86 bits per heavy atom. The second-order valence-corrected chi connectivity index (χ2v) is 6.33. The van der Waals surface area contributed by atoms with Gasteiger partial charge in [0.2, 0.25) is 0 Å². The number of methoxy groups -OCH3 is 1. The predicted molar refractivity (Wildman–Crippen MR) is 85.5 cm³/mol. The van der Waals surface area contributed by atoms with Crippen molar-refractivity contribution in [2.75, 3.05) is 13.7 Å². The Hall–Kier alpha value is 0.800. The number of hydrogen-bond donors (Lipinski definition) is 1. The van der Waals surface area contributed by atoms with Crippen molar-refractivity contribution >= 4 is 35.3 Å². The topological polar surface area (TPSA) is 75.6 Å². The van der Waals surface area contributed by atoms with E-state index in [0.717, 1.165) is 12.3 Å². The quantitative estimate of drug-likeness (QED) is 0.398. The van der Waals surface area contributed by atoms with Crippen molar-refractivity contribution in [3.8, 4) is 0 Å². The molecule has 0 aromatic heterocycles. The molecule has 5 atom stereocenters. The molecule has 0 aliphatic carbocycles. The third-order valence-electron chi connectivity index (χ3n) is 3.00. The molecule has 126 valence electrons. The second kappa shape index (κ2) is 9.18. The highest BCUT2D eigenvalue weighted by molar-refractivity contribution is 14.1. The summed E-state index contributed by atoms with van der Waals surface area (Å²) < 4.78 is 32.1. The molecular weight excluding hydrogens is 415 g/mol. The van der Waals surface area contributed by atoms with E-state index in [-0.39, 0.29) is 6.61 Å². The maximum atomic E-state index is 10.3. The molecule has 0 spiro atoms.